The summed E-state index contributed by atoms with van der Waals surface area (Å²) in [6.07, 6.45) is 2.47. The summed E-state index contributed by atoms with van der Waals surface area (Å²) in [5, 5.41) is 4.00. The smallest absolute Gasteiger partial charge is 0.255 e. The predicted molar refractivity (Wildman–Crippen MR) is 80.3 cm³/mol. The number of rotatable bonds is 3. The van der Waals surface area contributed by atoms with E-state index in [9.17, 15) is 0 Å². The van der Waals surface area contributed by atoms with Crippen LogP contribution in [-0.4, -0.2) is 36.3 Å². The topological polar surface area (TPSA) is 38.5 Å². The molecule has 1 aromatic carbocycles. The van der Waals surface area contributed by atoms with E-state index in [1.54, 1.807) is 0 Å². The van der Waals surface area contributed by atoms with E-state index in [0.29, 0.717) is 5.88 Å². The maximum atomic E-state index is 5.88. The average Bonchev–Trinajstić information content (AvgIpc) is 2.88. The van der Waals surface area contributed by atoms with Crippen molar-refractivity contribution in [1.82, 2.24) is 10.1 Å². The molecule has 1 fully saturated rings. The van der Waals surface area contributed by atoms with Crippen LogP contribution in [0.4, 0.5) is 0 Å². The molecule has 5 heteroatoms. The van der Waals surface area contributed by atoms with Crippen LogP contribution in [0.5, 0.6) is 5.88 Å². The number of aromatic nitrogens is 1. The molecule has 0 N–H and O–H groups in total. The lowest BCUT2D eigenvalue weighted by Gasteiger charge is -2.28. The first-order valence-electron chi connectivity index (χ1n) is 6.68. The monoisotopic (exact) mass is 294 g/mol. The molecular weight excluding hydrogens is 276 g/mol. The zero-order valence-corrected chi connectivity index (χ0v) is 12.3. The summed E-state index contributed by atoms with van der Waals surface area (Å²) in [5.41, 5.74) is 1.02. The molecule has 1 aromatic heterocycles. The quantitative estimate of drug-likeness (QED) is 0.871. The first-order valence-corrected chi connectivity index (χ1v) is 6.68. The second-order valence-electron chi connectivity index (χ2n) is 5.04. The number of halogens is 1. The summed E-state index contributed by atoms with van der Waals surface area (Å²) in [7, 11) is 2.12. The van der Waals surface area contributed by atoms with Crippen molar-refractivity contribution in [3.05, 3.63) is 36.4 Å². The molecule has 1 aliphatic rings. The van der Waals surface area contributed by atoms with Gasteiger partial charge in [-0.3, -0.25) is 0 Å². The Bertz CT molecular complexity index is 530. The fourth-order valence-electron chi connectivity index (χ4n) is 2.44. The Hall–Kier alpha value is -1.52. The zero-order chi connectivity index (χ0) is 13.1. The third kappa shape index (κ3) is 3.52. The van der Waals surface area contributed by atoms with Gasteiger partial charge in [0.05, 0.1) is 0 Å². The lowest BCUT2D eigenvalue weighted by Crippen LogP contribution is -2.38. The number of ether oxygens (including phenoxy) is 1. The number of likely N-dealkylation sites (tertiary alicyclic amines) is 1. The summed E-state index contributed by atoms with van der Waals surface area (Å²) in [6.45, 7) is 2.10. The summed E-state index contributed by atoms with van der Waals surface area (Å²) < 4.78 is 11.2. The molecular formula is C15H19ClN2O2. The molecule has 0 spiro atoms. The molecule has 4 nitrogen and oxygen atoms in total. The number of likely N-dealkylation sites (N-methyl/N-ethyl adjacent to an activating group) is 1. The standard InChI is InChI=1S/C15H18N2O2.ClH/c1-17-9-5-8-13(11-17)18-15-10-14(19-16-15)12-6-3-2-4-7-12;/h2-4,6-7,10,13H,5,8-9,11H2,1H3;1H. The van der Waals surface area contributed by atoms with E-state index in [4.69, 9.17) is 9.26 Å². The van der Waals surface area contributed by atoms with Crippen LogP contribution in [0.1, 0.15) is 12.8 Å². The Morgan fingerprint density at radius 1 is 1.30 bits per heavy atom. The van der Waals surface area contributed by atoms with Gasteiger partial charge in [-0.25, -0.2) is 0 Å². The second kappa shape index (κ2) is 6.77. The van der Waals surface area contributed by atoms with Crippen molar-refractivity contribution < 1.29 is 9.26 Å². The van der Waals surface area contributed by atoms with Crippen LogP contribution >= 0.6 is 12.4 Å². The van der Waals surface area contributed by atoms with Gasteiger partial charge in [0.2, 0.25) is 0 Å². The lowest BCUT2D eigenvalue weighted by molar-refractivity contribution is 0.0963. The lowest BCUT2D eigenvalue weighted by atomic mass is 10.1. The van der Waals surface area contributed by atoms with E-state index in [2.05, 4.69) is 17.1 Å². The maximum Gasteiger partial charge on any atom is 0.255 e. The van der Waals surface area contributed by atoms with Crippen LogP contribution in [0.2, 0.25) is 0 Å². The minimum Gasteiger partial charge on any atom is -0.471 e. The number of nitrogens with zero attached hydrogens (tertiary/aromatic N) is 2. The molecule has 1 aliphatic heterocycles. The van der Waals surface area contributed by atoms with E-state index in [1.165, 1.54) is 6.42 Å². The number of piperidine rings is 1. The van der Waals surface area contributed by atoms with Crippen molar-refractivity contribution in [1.29, 1.82) is 0 Å². The fourth-order valence-corrected chi connectivity index (χ4v) is 2.44. The van der Waals surface area contributed by atoms with Gasteiger partial charge in [0, 0.05) is 18.2 Å². The third-order valence-electron chi connectivity index (χ3n) is 3.42. The van der Waals surface area contributed by atoms with Gasteiger partial charge < -0.3 is 14.2 Å². The molecule has 0 radical (unpaired) electrons. The molecule has 1 atom stereocenters. The Kier molecular flexibility index (Phi) is 5.04. The van der Waals surface area contributed by atoms with Crippen LogP contribution in [0.15, 0.2) is 40.9 Å². The summed E-state index contributed by atoms with van der Waals surface area (Å²) in [4.78, 5) is 2.28. The SMILES string of the molecule is CN1CCCC(Oc2cc(-c3ccccc3)on2)C1.Cl. The van der Waals surface area contributed by atoms with Crippen LogP contribution in [0.25, 0.3) is 11.3 Å². The van der Waals surface area contributed by atoms with E-state index < -0.39 is 0 Å². The fraction of sp³-hybridized carbons (Fsp3) is 0.400. The molecule has 1 unspecified atom stereocenters. The Morgan fingerprint density at radius 3 is 2.85 bits per heavy atom. The van der Waals surface area contributed by atoms with Gasteiger partial charge in [0.15, 0.2) is 5.76 Å². The molecule has 0 bridgehead atoms. The third-order valence-corrected chi connectivity index (χ3v) is 3.42. The minimum absolute atomic E-state index is 0. The highest BCUT2D eigenvalue weighted by Gasteiger charge is 2.20. The van der Waals surface area contributed by atoms with Gasteiger partial charge in [-0.1, -0.05) is 30.3 Å². The average molecular weight is 295 g/mol. The molecule has 2 aromatic rings. The van der Waals surface area contributed by atoms with Crippen molar-refractivity contribution in [2.24, 2.45) is 0 Å². The minimum atomic E-state index is 0. The molecule has 0 amide bonds. The van der Waals surface area contributed by atoms with E-state index >= 15 is 0 Å². The number of hydrogen-bond acceptors (Lipinski definition) is 4. The highest BCUT2D eigenvalue weighted by Crippen LogP contribution is 2.24. The molecule has 1 saturated heterocycles. The van der Waals surface area contributed by atoms with Crippen LogP contribution in [-0.2, 0) is 0 Å². The Balaban J connectivity index is 0.00000147. The number of benzene rings is 1. The van der Waals surface area contributed by atoms with Gasteiger partial charge in [0.25, 0.3) is 5.88 Å². The Morgan fingerprint density at radius 2 is 2.10 bits per heavy atom. The van der Waals surface area contributed by atoms with Gasteiger partial charge >= 0.3 is 0 Å². The Labute approximate surface area is 125 Å². The van der Waals surface area contributed by atoms with Crippen molar-refractivity contribution >= 4 is 12.4 Å². The largest absolute Gasteiger partial charge is 0.471 e. The van der Waals surface area contributed by atoms with Crippen molar-refractivity contribution in [3.63, 3.8) is 0 Å². The van der Waals surface area contributed by atoms with Crippen LogP contribution in [0, 0.1) is 0 Å². The molecule has 0 aliphatic carbocycles. The molecule has 0 saturated carbocycles. The summed E-state index contributed by atoms with van der Waals surface area (Å²) in [5.74, 6) is 1.33. The van der Waals surface area contributed by atoms with Gasteiger partial charge in [-0.2, -0.15) is 0 Å². The normalized spacial score (nSPS) is 19.4. The molecule has 108 valence electrons. The van der Waals surface area contributed by atoms with Gasteiger partial charge in [-0.05, 0) is 31.6 Å². The molecule has 3 rings (SSSR count). The van der Waals surface area contributed by atoms with E-state index in [-0.39, 0.29) is 18.5 Å². The van der Waals surface area contributed by atoms with Crippen LogP contribution in [0.3, 0.4) is 0 Å². The van der Waals surface area contributed by atoms with Crippen molar-refractivity contribution in [2.75, 3.05) is 20.1 Å². The van der Waals surface area contributed by atoms with E-state index in [0.717, 1.165) is 30.8 Å². The second-order valence-corrected chi connectivity index (χ2v) is 5.04. The van der Waals surface area contributed by atoms with Gasteiger partial charge in [-0.15, -0.1) is 12.4 Å². The first kappa shape index (κ1) is 14.9. The highest BCUT2D eigenvalue weighted by atomic mass is 35.5. The summed E-state index contributed by atoms with van der Waals surface area (Å²) in [6, 6.07) is 11.8. The number of hydrogen-bond donors (Lipinski definition) is 0. The first-order chi connectivity index (χ1) is 9.31. The zero-order valence-electron chi connectivity index (χ0n) is 11.5. The molecule has 20 heavy (non-hydrogen) atoms. The van der Waals surface area contributed by atoms with Gasteiger partial charge in [0.1, 0.15) is 6.10 Å². The van der Waals surface area contributed by atoms with Crippen molar-refractivity contribution in [3.8, 4) is 17.2 Å². The van der Waals surface area contributed by atoms with E-state index in [1.807, 2.05) is 36.4 Å². The van der Waals surface area contributed by atoms with Crippen LogP contribution < -0.4 is 4.74 Å². The van der Waals surface area contributed by atoms with Crippen molar-refractivity contribution in [2.45, 2.75) is 18.9 Å². The highest BCUT2D eigenvalue weighted by molar-refractivity contribution is 5.85. The predicted octanol–water partition coefficient (Wildman–Crippen LogP) is 3.24. The maximum absolute atomic E-state index is 5.88. The summed E-state index contributed by atoms with van der Waals surface area (Å²) >= 11 is 0. The molecule has 2 heterocycles.